The molecule has 5 aromatic rings. The Morgan fingerprint density at radius 3 is 2.67 bits per heavy atom. The van der Waals surface area contributed by atoms with Crippen LogP contribution in [0.25, 0.3) is 33.4 Å². The van der Waals surface area contributed by atoms with Gasteiger partial charge in [0, 0.05) is 50.9 Å². The summed E-state index contributed by atoms with van der Waals surface area (Å²) in [4.78, 5) is 26.7. The van der Waals surface area contributed by atoms with Gasteiger partial charge in [0.15, 0.2) is 11.4 Å². The van der Waals surface area contributed by atoms with Crippen molar-refractivity contribution in [2.45, 2.75) is 32.6 Å². The van der Waals surface area contributed by atoms with Crippen LogP contribution >= 0.6 is 11.6 Å². The summed E-state index contributed by atoms with van der Waals surface area (Å²) in [6.45, 7) is 4.75. The molecule has 0 spiro atoms. The highest BCUT2D eigenvalue weighted by atomic mass is 35.5. The Labute approximate surface area is 264 Å². The van der Waals surface area contributed by atoms with Crippen LogP contribution in [0.3, 0.4) is 0 Å². The number of carbonyl (C=O) groups is 1. The van der Waals surface area contributed by atoms with Gasteiger partial charge in [0.05, 0.1) is 28.5 Å². The van der Waals surface area contributed by atoms with Crippen LogP contribution in [0.4, 0.5) is 10.1 Å². The number of alkyl halides is 1. The maximum absolute atomic E-state index is 13.4. The second-order valence-corrected chi connectivity index (χ2v) is 12.2. The average molecular weight is 624 g/mol. The first-order chi connectivity index (χ1) is 21.7. The molecule has 4 heterocycles. The van der Waals surface area contributed by atoms with Gasteiger partial charge >= 0.3 is 0 Å². The van der Waals surface area contributed by atoms with Gasteiger partial charge in [-0.15, -0.1) is 0 Å². The first kappa shape index (κ1) is 29.2. The Morgan fingerprint density at radius 1 is 1.13 bits per heavy atom. The fraction of sp³-hybridized carbons (Fsp3) is 0.294. The number of hydrogen-bond acceptors (Lipinski definition) is 7. The van der Waals surface area contributed by atoms with E-state index in [0.717, 1.165) is 52.2 Å². The first-order valence-corrected chi connectivity index (χ1v) is 15.2. The van der Waals surface area contributed by atoms with Crippen molar-refractivity contribution in [1.82, 2.24) is 24.3 Å². The lowest BCUT2D eigenvalue weighted by molar-refractivity contribution is 0.0524. The molecule has 11 heteroatoms. The molecule has 0 bridgehead atoms. The summed E-state index contributed by atoms with van der Waals surface area (Å²) < 4.78 is 21.1. The summed E-state index contributed by atoms with van der Waals surface area (Å²) in [7, 11) is 3.92. The molecule has 45 heavy (non-hydrogen) atoms. The number of imidazole rings is 1. The summed E-state index contributed by atoms with van der Waals surface area (Å²) >= 11 is 6.96. The molecule has 7 rings (SSSR count). The summed E-state index contributed by atoms with van der Waals surface area (Å²) in [5.41, 5.74) is 8.21. The Kier molecular flexibility index (Phi) is 7.40. The molecule has 9 nitrogen and oxygen atoms in total. The molecule has 1 saturated heterocycles. The molecule has 0 saturated carbocycles. The molecule has 1 N–H and O–H groups in total. The Morgan fingerprint density at radius 2 is 1.89 bits per heavy atom. The van der Waals surface area contributed by atoms with E-state index in [4.69, 9.17) is 16.0 Å². The topological polar surface area (TPSA) is 103 Å². The Bertz CT molecular complexity index is 2020. The van der Waals surface area contributed by atoms with Gasteiger partial charge in [-0.3, -0.25) is 9.69 Å². The maximum Gasteiger partial charge on any atom is 0.291 e. The fourth-order valence-corrected chi connectivity index (χ4v) is 6.60. The van der Waals surface area contributed by atoms with Crippen molar-refractivity contribution in [2.75, 3.05) is 32.0 Å². The van der Waals surface area contributed by atoms with Crippen LogP contribution in [-0.4, -0.2) is 63.1 Å². The lowest BCUT2D eigenvalue weighted by Gasteiger charge is -2.32. The number of likely N-dealkylation sites (N-methyl/N-ethyl adjacent to an activating group) is 1. The first-order valence-electron chi connectivity index (χ1n) is 14.8. The van der Waals surface area contributed by atoms with E-state index in [-0.39, 0.29) is 5.91 Å². The van der Waals surface area contributed by atoms with Gasteiger partial charge in [-0.2, -0.15) is 5.26 Å². The number of anilines is 1. The normalized spacial score (nSPS) is 15.6. The van der Waals surface area contributed by atoms with E-state index in [1.165, 1.54) is 0 Å². The van der Waals surface area contributed by atoms with Crippen molar-refractivity contribution < 1.29 is 13.6 Å². The average Bonchev–Trinajstić information content (AvgIpc) is 3.57. The molecule has 1 amide bonds. The zero-order valence-electron chi connectivity index (χ0n) is 25.2. The number of nitrogens with one attached hydrogen (secondary N) is 1. The number of nitriles is 1. The SMILES string of the molecule is Cc1c(-c2cc(C#N)c3oc(CN4CC(F)C4)nc3c2)cccc1-c1cccc(NC(=O)c2nc3c(n2C)CCN(C)C3)c1Cl. The van der Waals surface area contributed by atoms with Crippen molar-refractivity contribution >= 4 is 34.3 Å². The van der Waals surface area contributed by atoms with Crippen LogP contribution < -0.4 is 5.32 Å². The maximum atomic E-state index is 13.4. The van der Waals surface area contributed by atoms with Gasteiger partial charge < -0.3 is 19.2 Å². The van der Waals surface area contributed by atoms with Crippen LogP contribution in [0.1, 0.15) is 39.0 Å². The number of fused-ring (bicyclic) bond motifs is 2. The highest BCUT2D eigenvalue weighted by Gasteiger charge is 2.28. The predicted octanol–water partition coefficient (Wildman–Crippen LogP) is 6.12. The van der Waals surface area contributed by atoms with Crippen LogP contribution in [0, 0.1) is 18.3 Å². The molecule has 0 aliphatic carbocycles. The molecular formula is C34H31ClFN7O2. The van der Waals surface area contributed by atoms with E-state index in [9.17, 15) is 14.4 Å². The Hall–Kier alpha value is -4.56. The van der Waals surface area contributed by atoms with E-state index >= 15 is 0 Å². The van der Waals surface area contributed by atoms with E-state index in [0.29, 0.717) is 65.3 Å². The van der Waals surface area contributed by atoms with Gasteiger partial charge in [0.25, 0.3) is 5.91 Å². The monoisotopic (exact) mass is 623 g/mol. The third-order valence-corrected chi connectivity index (χ3v) is 9.17. The number of aromatic nitrogens is 3. The number of likely N-dealkylation sites (tertiary alicyclic amines) is 1. The minimum atomic E-state index is -0.815. The van der Waals surface area contributed by atoms with Crippen molar-refractivity contribution in [3.05, 3.63) is 87.8 Å². The number of rotatable bonds is 6. The molecule has 2 aliphatic heterocycles. The lowest BCUT2D eigenvalue weighted by Crippen LogP contribution is -2.47. The van der Waals surface area contributed by atoms with E-state index in [2.05, 4.69) is 26.3 Å². The number of amides is 1. The van der Waals surface area contributed by atoms with Crippen molar-refractivity contribution in [1.29, 1.82) is 5.26 Å². The highest BCUT2D eigenvalue weighted by Crippen LogP contribution is 2.39. The van der Waals surface area contributed by atoms with E-state index in [1.807, 2.05) is 66.9 Å². The highest BCUT2D eigenvalue weighted by molar-refractivity contribution is 6.36. The minimum Gasteiger partial charge on any atom is -0.438 e. The number of benzene rings is 3. The van der Waals surface area contributed by atoms with Crippen molar-refractivity contribution in [2.24, 2.45) is 7.05 Å². The second kappa shape index (κ2) is 11.4. The summed E-state index contributed by atoms with van der Waals surface area (Å²) in [6.07, 6.45) is 0.0268. The third kappa shape index (κ3) is 5.27. The van der Waals surface area contributed by atoms with Crippen LogP contribution in [0.5, 0.6) is 0 Å². The molecule has 0 unspecified atom stereocenters. The Balaban J connectivity index is 1.20. The molecule has 228 valence electrons. The molecule has 0 atom stereocenters. The summed E-state index contributed by atoms with van der Waals surface area (Å²) in [5.74, 6) is 0.493. The summed E-state index contributed by atoms with van der Waals surface area (Å²) in [5, 5.41) is 13.3. The number of oxazole rings is 1. The number of nitrogens with zero attached hydrogens (tertiary/aromatic N) is 6. The van der Waals surface area contributed by atoms with E-state index in [1.54, 1.807) is 12.1 Å². The van der Waals surface area contributed by atoms with Gasteiger partial charge in [-0.05, 0) is 54.4 Å². The van der Waals surface area contributed by atoms with Gasteiger partial charge in [0.2, 0.25) is 5.89 Å². The molecule has 0 radical (unpaired) electrons. The lowest BCUT2D eigenvalue weighted by atomic mass is 9.91. The van der Waals surface area contributed by atoms with Crippen LogP contribution in [0.2, 0.25) is 5.02 Å². The van der Waals surface area contributed by atoms with E-state index < -0.39 is 6.17 Å². The zero-order chi connectivity index (χ0) is 31.4. The van der Waals surface area contributed by atoms with Crippen LogP contribution in [0.15, 0.2) is 52.9 Å². The van der Waals surface area contributed by atoms with Crippen LogP contribution in [-0.2, 0) is 26.6 Å². The standard InChI is InChI=1S/C34H31ClFN7O2/c1-19-23(20-12-21(14-37)32-27(13-20)38-30(45-32)18-43-15-22(36)16-43)6-4-7-24(19)25-8-5-9-26(31(25)35)40-34(44)33-39-28-17-41(2)11-10-29(28)42(33)3/h4-9,12-13,22H,10-11,15-18H2,1-3H3,(H,40,44). The summed E-state index contributed by atoms with van der Waals surface area (Å²) in [6, 6.07) is 17.4. The minimum absolute atomic E-state index is 0.318. The molecule has 2 aliphatic rings. The second-order valence-electron chi connectivity index (χ2n) is 11.9. The van der Waals surface area contributed by atoms with Gasteiger partial charge in [-0.25, -0.2) is 14.4 Å². The fourth-order valence-electron chi connectivity index (χ4n) is 6.33. The quantitative estimate of drug-likeness (QED) is 0.243. The molecule has 1 fully saturated rings. The number of hydrogen-bond donors (Lipinski definition) is 1. The van der Waals surface area contributed by atoms with Crippen molar-refractivity contribution in [3.8, 4) is 28.3 Å². The number of carbonyl (C=O) groups excluding carboxylic acids is 1. The van der Waals surface area contributed by atoms with Gasteiger partial charge in [0.1, 0.15) is 17.8 Å². The molecular weight excluding hydrogens is 593 g/mol. The smallest absolute Gasteiger partial charge is 0.291 e. The molecule has 2 aromatic heterocycles. The third-order valence-electron chi connectivity index (χ3n) is 8.76. The molecule has 3 aromatic carbocycles. The zero-order valence-corrected chi connectivity index (χ0v) is 26.0. The largest absolute Gasteiger partial charge is 0.438 e. The predicted molar refractivity (Wildman–Crippen MR) is 171 cm³/mol. The number of halogens is 2. The van der Waals surface area contributed by atoms with Crippen molar-refractivity contribution in [3.63, 3.8) is 0 Å². The van der Waals surface area contributed by atoms with Gasteiger partial charge in [-0.1, -0.05) is 41.9 Å².